The van der Waals surface area contributed by atoms with Crippen molar-refractivity contribution in [1.29, 1.82) is 0 Å². The zero-order chi connectivity index (χ0) is 21.4. The number of halogens is 13. The molecule has 1 N–H and O–H groups in total. The van der Waals surface area contributed by atoms with Gasteiger partial charge in [0.2, 0.25) is 0 Å². The van der Waals surface area contributed by atoms with Gasteiger partial charge >= 0.3 is 41.8 Å². The number of thioether (sulfide) groups is 1. The molecule has 156 valence electrons. The van der Waals surface area contributed by atoms with E-state index in [0.717, 1.165) is 0 Å². The van der Waals surface area contributed by atoms with Crippen molar-refractivity contribution in [2.45, 2.75) is 42.2 Å². The summed E-state index contributed by atoms with van der Waals surface area (Å²) in [5.74, 6) is -40.9. The van der Waals surface area contributed by atoms with Crippen molar-refractivity contribution in [3.05, 3.63) is 0 Å². The SMILES string of the molecule is O=C(O)CSCCC(F)(F)C(F)(F)C(F)(F)C(F)(F)C(F)(F)C(F)(F)F. The van der Waals surface area contributed by atoms with Crippen LogP contribution in [0.4, 0.5) is 57.1 Å². The Morgan fingerprint density at radius 1 is 0.692 bits per heavy atom. The maximum absolute atomic E-state index is 13.2. The second kappa shape index (κ2) is 7.14. The Labute approximate surface area is 139 Å². The number of hydrogen-bond donors (Lipinski definition) is 1. The minimum Gasteiger partial charge on any atom is -0.481 e. The first kappa shape index (κ1) is 24.9. The van der Waals surface area contributed by atoms with Gasteiger partial charge in [-0.3, -0.25) is 4.79 Å². The lowest BCUT2D eigenvalue weighted by atomic mass is 9.93. The van der Waals surface area contributed by atoms with E-state index in [9.17, 15) is 61.9 Å². The molecule has 0 fully saturated rings. The van der Waals surface area contributed by atoms with Crippen molar-refractivity contribution in [2.75, 3.05) is 11.5 Å². The number of rotatable bonds is 9. The molecule has 0 aliphatic heterocycles. The van der Waals surface area contributed by atoms with Crippen LogP contribution in [0.2, 0.25) is 0 Å². The molecular formula is C10H7F13O2S. The van der Waals surface area contributed by atoms with Crippen LogP contribution in [0.25, 0.3) is 0 Å². The Morgan fingerprint density at radius 3 is 1.42 bits per heavy atom. The molecule has 0 aliphatic rings. The van der Waals surface area contributed by atoms with Crippen molar-refractivity contribution in [1.82, 2.24) is 0 Å². The molecule has 0 rings (SSSR count). The van der Waals surface area contributed by atoms with E-state index in [1.165, 1.54) is 0 Å². The van der Waals surface area contributed by atoms with Crippen molar-refractivity contribution in [3.8, 4) is 0 Å². The van der Waals surface area contributed by atoms with Gasteiger partial charge in [-0.2, -0.15) is 57.1 Å². The van der Waals surface area contributed by atoms with Crippen LogP contribution < -0.4 is 0 Å². The van der Waals surface area contributed by atoms with Crippen LogP contribution in [-0.2, 0) is 4.79 Å². The Balaban J connectivity index is 5.74. The van der Waals surface area contributed by atoms with E-state index in [1.54, 1.807) is 0 Å². The summed E-state index contributed by atoms with van der Waals surface area (Å²) >= 11 is -0.0412. The Morgan fingerprint density at radius 2 is 1.08 bits per heavy atom. The van der Waals surface area contributed by atoms with Crippen molar-refractivity contribution >= 4 is 17.7 Å². The van der Waals surface area contributed by atoms with Gasteiger partial charge in [0.05, 0.1) is 5.75 Å². The van der Waals surface area contributed by atoms with E-state index in [0.29, 0.717) is 0 Å². The fraction of sp³-hybridized carbons (Fsp3) is 0.900. The third-order valence-electron chi connectivity index (χ3n) is 2.78. The van der Waals surface area contributed by atoms with E-state index in [1.807, 2.05) is 0 Å². The summed E-state index contributed by atoms with van der Waals surface area (Å²) in [7, 11) is 0. The Bertz CT molecular complexity index is 514. The summed E-state index contributed by atoms with van der Waals surface area (Å²) in [5.41, 5.74) is 0. The number of carboxylic acid groups (broad SMARTS) is 1. The molecule has 0 aromatic carbocycles. The fourth-order valence-electron chi connectivity index (χ4n) is 1.32. The van der Waals surface area contributed by atoms with Crippen molar-refractivity contribution in [3.63, 3.8) is 0 Å². The first-order valence-electron chi connectivity index (χ1n) is 5.92. The molecule has 0 bridgehead atoms. The summed E-state index contributed by atoms with van der Waals surface area (Å²) < 4.78 is 165. The van der Waals surface area contributed by atoms with Crippen molar-refractivity contribution in [2.24, 2.45) is 0 Å². The van der Waals surface area contributed by atoms with E-state index < -0.39 is 59.7 Å². The maximum Gasteiger partial charge on any atom is 0.460 e. The van der Waals surface area contributed by atoms with Gasteiger partial charge in [-0.05, 0) is 5.75 Å². The molecule has 2 nitrogen and oxygen atoms in total. The summed E-state index contributed by atoms with van der Waals surface area (Å²) in [6.07, 6.45) is -9.84. The third kappa shape index (κ3) is 4.08. The Kier molecular flexibility index (Phi) is 6.85. The summed E-state index contributed by atoms with van der Waals surface area (Å²) in [5, 5.41) is 8.14. The highest BCUT2D eigenvalue weighted by atomic mass is 32.2. The molecule has 0 aliphatic carbocycles. The second-order valence-corrected chi connectivity index (χ2v) is 5.80. The van der Waals surface area contributed by atoms with Crippen LogP contribution in [-0.4, -0.2) is 58.4 Å². The maximum atomic E-state index is 13.2. The topological polar surface area (TPSA) is 37.3 Å². The van der Waals surface area contributed by atoms with E-state index in [-0.39, 0.29) is 11.8 Å². The second-order valence-electron chi connectivity index (χ2n) is 4.70. The smallest absolute Gasteiger partial charge is 0.460 e. The van der Waals surface area contributed by atoms with Gasteiger partial charge in [0.25, 0.3) is 0 Å². The van der Waals surface area contributed by atoms with E-state index >= 15 is 0 Å². The molecule has 0 amide bonds. The molecule has 26 heavy (non-hydrogen) atoms. The highest BCUT2D eigenvalue weighted by Gasteiger charge is 2.90. The van der Waals surface area contributed by atoms with Crippen LogP contribution in [0.1, 0.15) is 6.42 Å². The lowest BCUT2D eigenvalue weighted by Crippen LogP contribution is -2.70. The van der Waals surface area contributed by atoms with Crippen molar-refractivity contribution < 1.29 is 67.0 Å². The number of carbonyl (C=O) groups is 1. The molecule has 0 heterocycles. The number of aliphatic carboxylic acids is 1. The summed E-state index contributed by atoms with van der Waals surface area (Å²) in [4.78, 5) is 10.1. The monoisotopic (exact) mass is 438 g/mol. The van der Waals surface area contributed by atoms with Crippen LogP contribution >= 0.6 is 11.8 Å². The lowest BCUT2D eigenvalue weighted by molar-refractivity contribution is -0.439. The van der Waals surface area contributed by atoms with Gasteiger partial charge in [0.15, 0.2) is 0 Å². The highest BCUT2D eigenvalue weighted by Crippen LogP contribution is 2.60. The lowest BCUT2D eigenvalue weighted by Gasteiger charge is -2.39. The minimum absolute atomic E-state index is 0.0412. The predicted octanol–water partition coefficient (Wildman–Crippen LogP) is 4.93. The normalized spacial score (nSPS) is 15.3. The summed E-state index contributed by atoms with van der Waals surface area (Å²) in [6, 6.07) is 0. The van der Waals surface area contributed by atoms with Gasteiger partial charge in [-0.1, -0.05) is 0 Å². The highest BCUT2D eigenvalue weighted by molar-refractivity contribution is 7.99. The molecule has 0 unspecified atom stereocenters. The fourth-order valence-corrected chi connectivity index (χ4v) is 2.04. The first-order chi connectivity index (χ1) is 11.2. The standard InChI is InChI=1S/C10H7F13O2S/c11-5(12,1-2-26-3-4(24)25)6(13,14)7(15,16)8(17,18)9(19,20)10(21,22)23/h1-3H2,(H,24,25). The molecular weight excluding hydrogens is 431 g/mol. The molecule has 0 saturated heterocycles. The average Bonchev–Trinajstić information content (AvgIpc) is 2.41. The van der Waals surface area contributed by atoms with Gasteiger partial charge in [-0.15, -0.1) is 11.8 Å². The Hall–Kier alpha value is -1.09. The van der Waals surface area contributed by atoms with Gasteiger partial charge in [0, 0.05) is 6.42 Å². The van der Waals surface area contributed by atoms with Crippen LogP contribution in [0, 0.1) is 0 Å². The molecule has 16 heteroatoms. The molecule has 0 atom stereocenters. The molecule has 0 aromatic heterocycles. The van der Waals surface area contributed by atoms with Crippen LogP contribution in [0.3, 0.4) is 0 Å². The van der Waals surface area contributed by atoms with Gasteiger partial charge < -0.3 is 5.11 Å². The predicted molar refractivity (Wildman–Crippen MR) is 60.4 cm³/mol. The summed E-state index contributed by atoms with van der Waals surface area (Å²) in [6.45, 7) is 0. The van der Waals surface area contributed by atoms with E-state index in [2.05, 4.69) is 0 Å². The molecule has 0 radical (unpaired) electrons. The van der Waals surface area contributed by atoms with Gasteiger partial charge in [-0.25, -0.2) is 0 Å². The quantitative estimate of drug-likeness (QED) is 0.410. The average molecular weight is 438 g/mol. The zero-order valence-corrected chi connectivity index (χ0v) is 12.6. The van der Waals surface area contributed by atoms with Crippen LogP contribution in [0.15, 0.2) is 0 Å². The molecule has 0 aromatic rings. The van der Waals surface area contributed by atoms with E-state index in [4.69, 9.17) is 5.11 Å². The molecule has 0 spiro atoms. The largest absolute Gasteiger partial charge is 0.481 e. The molecule has 0 saturated carbocycles. The van der Waals surface area contributed by atoms with Gasteiger partial charge in [0.1, 0.15) is 0 Å². The minimum atomic E-state index is -7.92. The number of alkyl halides is 13. The number of carboxylic acids is 1. The number of hydrogen-bond acceptors (Lipinski definition) is 2. The first-order valence-corrected chi connectivity index (χ1v) is 7.07. The zero-order valence-electron chi connectivity index (χ0n) is 11.8. The van der Waals surface area contributed by atoms with Crippen LogP contribution in [0.5, 0.6) is 0 Å². The third-order valence-corrected chi connectivity index (χ3v) is 3.73.